The molecule has 0 unspecified atom stereocenters. The summed E-state index contributed by atoms with van der Waals surface area (Å²) >= 11 is 0. The van der Waals surface area contributed by atoms with Gasteiger partial charge in [0.1, 0.15) is 0 Å². The van der Waals surface area contributed by atoms with E-state index in [-0.39, 0.29) is 6.61 Å². The fourth-order valence-corrected chi connectivity index (χ4v) is 2.42. The van der Waals surface area contributed by atoms with E-state index < -0.39 is 0 Å². The maximum absolute atomic E-state index is 9.09. The van der Waals surface area contributed by atoms with E-state index in [4.69, 9.17) is 5.11 Å². The van der Waals surface area contributed by atoms with Gasteiger partial charge in [0.25, 0.3) is 0 Å². The Morgan fingerprint density at radius 1 is 1.12 bits per heavy atom. The zero-order valence-electron chi connectivity index (χ0n) is 9.78. The van der Waals surface area contributed by atoms with Crippen LogP contribution < -0.4 is 5.32 Å². The Labute approximate surface area is 97.7 Å². The van der Waals surface area contributed by atoms with Crippen LogP contribution >= 0.6 is 0 Å². The molecule has 0 bridgehead atoms. The molecular weight excluding hydrogens is 198 g/mol. The lowest BCUT2D eigenvalue weighted by Crippen LogP contribution is -2.18. The van der Waals surface area contributed by atoms with E-state index in [2.05, 4.69) is 11.4 Å². The topological polar surface area (TPSA) is 32.3 Å². The normalized spacial score (nSPS) is 18.1. The lowest BCUT2D eigenvalue weighted by Gasteiger charge is -2.18. The van der Waals surface area contributed by atoms with Crippen LogP contribution in [-0.2, 0) is 6.61 Å². The van der Waals surface area contributed by atoms with Crippen molar-refractivity contribution in [2.24, 2.45) is 0 Å². The molecule has 16 heavy (non-hydrogen) atoms. The number of anilines is 1. The van der Waals surface area contributed by atoms with Gasteiger partial charge < -0.3 is 10.4 Å². The van der Waals surface area contributed by atoms with Gasteiger partial charge in [0, 0.05) is 11.7 Å². The van der Waals surface area contributed by atoms with Crippen molar-refractivity contribution < 1.29 is 5.11 Å². The largest absolute Gasteiger partial charge is 0.392 e. The highest BCUT2D eigenvalue weighted by Gasteiger charge is 2.11. The van der Waals surface area contributed by atoms with Gasteiger partial charge in [0.15, 0.2) is 0 Å². The average Bonchev–Trinajstić information content (AvgIpc) is 2.58. The van der Waals surface area contributed by atoms with Crippen molar-refractivity contribution in [3.63, 3.8) is 0 Å². The van der Waals surface area contributed by atoms with Crippen molar-refractivity contribution in [3.8, 4) is 0 Å². The van der Waals surface area contributed by atoms with E-state index in [1.165, 1.54) is 38.5 Å². The van der Waals surface area contributed by atoms with Crippen LogP contribution in [0.15, 0.2) is 24.3 Å². The summed E-state index contributed by atoms with van der Waals surface area (Å²) in [4.78, 5) is 0. The van der Waals surface area contributed by atoms with Crippen LogP contribution in [0.1, 0.15) is 44.1 Å². The van der Waals surface area contributed by atoms with Gasteiger partial charge in [-0.25, -0.2) is 0 Å². The Kier molecular flexibility index (Phi) is 4.23. The van der Waals surface area contributed by atoms with Gasteiger partial charge in [-0.3, -0.25) is 0 Å². The average molecular weight is 219 g/mol. The number of hydrogen-bond acceptors (Lipinski definition) is 2. The fraction of sp³-hybridized carbons (Fsp3) is 0.571. The third-order valence-corrected chi connectivity index (χ3v) is 3.34. The Morgan fingerprint density at radius 3 is 2.56 bits per heavy atom. The van der Waals surface area contributed by atoms with Crippen molar-refractivity contribution in [1.82, 2.24) is 0 Å². The molecule has 0 aliphatic heterocycles. The van der Waals surface area contributed by atoms with Crippen LogP contribution in [0.25, 0.3) is 0 Å². The number of hydrogen-bond donors (Lipinski definition) is 2. The SMILES string of the molecule is OCc1cccc(NC2CCCCCC2)c1. The van der Waals surface area contributed by atoms with E-state index in [0.29, 0.717) is 6.04 Å². The van der Waals surface area contributed by atoms with Gasteiger partial charge in [-0.15, -0.1) is 0 Å². The minimum atomic E-state index is 0.125. The summed E-state index contributed by atoms with van der Waals surface area (Å²) in [5, 5.41) is 12.7. The van der Waals surface area contributed by atoms with Crippen LogP contribution in [0, 0.1) is 0 Å². The minimum absolute atomic E-state index is 0.125. The first-order chi connectivity index (χ1) is 7.88. The van der Waals surface area contributed by atoms with Gasteiger partial charge in [0.05, 0.1) is 6.61 Å². The summed E-state index contributed by atoms with van der Waals surface area (Å²) in [7, 11) is 0. The molecule has 0 atom stereocenters. The summed E-state index contributed by atoms with van der Waals surface area (Å²) in [5.41, 5.74) is 2.14. The number of nitrogens with one attached hydrogen (secondary N) is 1. The molecule has 2 rings (SSSR count). The molecule has 1 aliphatic carbocycles. The highest BCUT2D eigenvalue weighted by atomic mass is 16.3. The maximum Gasteiger partial charge on any atom is 0.0682 e. The van der Waals surface area contributed by atoms with Crippen molar-refractivity contribution >= 4 is 5.69 Å². The summed E-state index contributed by atoms with van der Waals surface area (Å²) in [6.45, 7) is 0.125. The van der Waals surface area contributed by atoms with Crippen LogP contribution in [0.5, 0.6) is 0 Å². The lowest BCUT2D eigenvalue weighted by molar-refractivity contribution is 0.282. The van der Waals surface area contributed by atoms with E-state index >= 15 is 0 Å². The summed E-state index contributed by atoms with van der Waals surface area (Å²) < 4.78 is 0. The molecule has 2 heteroatoms. The number of benzene rings is 1. The summed E-state index contributed by atoms with van der Waals surface area (Å²) in [6.07, 6.45) is 8.02. The monoisotopic (exact) mass is 219 g/mol. The smallest absolute Gasteiger partial charge is 0.0682 e. The first kappa shape index (κ1) is 11.5. The van der Waals surface area contributed by atoms with Crippen molar-refractivity contribution in [3.05, 3.63) is 29.8 Å². The van der Waals surface area contributed by atoms with Crippen molar-refractivity contribution in [2.75, 3.05) is 5.32 Å². The molecule has 0 spiro atoms. The molecule has 0 heterocycles. The molecule has 0 aromatic heterocycles. The van der Waals surface area contributed by atoms with Gasteiger partial charge in [-0.1, -0.05) is 37.8 Å². The fourth-order valence-electron chi connectivity index (χ4n) is 2.42. The van der Waals surface area contributed by atoms with E-state index in [1.54, 1.807) is 0 Å². The Hall–Kier alpha value is -1.02. The first-order valence-corrected chi connectivity index (χ1v) is 6.35. The second kappa shape index (κ2) is 5.90. The van der Waals surface area contributed by atoms with Crippen LogP contribution in [0.4, 0.5) is 5.69 Å². The predicted octanol–water partition coefficient (Wildman–Crippen LogP) is 3.31. The maximum atomic E-state index is 9.09. The summed E-state index contributed by atoms with van der Waals surface area (Å²) in [5.74, 6) is 0. The quantitative estimate of drug-likeness (QED) is 0.764. The number of aliphatic hydroxyl groups is 1. The molecular formula is C14H21NO. The molecule has 2 N–H and O–H groups in total. The lowest BCUT2D eigenvalue weighted by atomic mass is 10.1. The second-order valence-corrected chi connectivity index (χ2v) is 4.69. The molecule has 0 saturated heterocycles. The van der Waals surface area contributed by atoms with Gasteiger partial charge in [-0.05, 0) is 30.5 Å². The molecule has 0 amide bonds. The molecule has 1 fully saturated rings. The molecule has 1 saturated carbocycles. The Morgan fingerprint density at radius 2 is 1.88 bits per heavy atom. The van der Waals surface area contributed by atoms with Gasteiger partial charge >= 0.3 is 0 Å². The predicted molar refractivity (Wildman–Crippen MR) is 67.5 cm³/mol. The summed E-state index contributed by atoms with van der Waals surface area (Å²) in [6, 6.07) is 8.72. The van der Waals surface area contributed by atoms with Crippen LogP contribution in [-0.4, -0.2) is 11.1 Å². The van der Waals surface area contributed by atoms with E-state index in [0.717, 1.165) is 11.3 Å². The van der Waals surface area contributed by atoms with Crippen LogP contribution in [0.3, 0.4) is 0 Å². The molecule has 88 valence electrons. The third-order valence-electron chi connectivity index (χ3n) is 3.34. The number of rotatable bonds is 3. The van der Waals surface area contributed by atoms with E-state index in [9.17, 15) is 0 Å². The van der Waals surface area contributed by atoms with Gasteiger partial charge in [0.2, 0.25) is 0 Å². The van der Waals surface area contributed by atoms with Crippen molar-refractivity contribution in [2.45, 2.75) is 51.2 Å². The zero-order chi connectivity index (χ0) is 11.2. The Bertz CT molecular complexity index is 316. The van der Waals surface area contributed by atoms with Crippen molar-refractivity contribution in [1.29, 1.82) is 0 Å². The highest BCUT2D eigenvalue weighted by Crippen LogP contribution is 2.21. The molecule has 1 aliphatic rings. The Balaban J connectivity index is 1.96. The molecule has 1 aromatic rings. The zero-order valence-corrected chi connectivity index (χ0v) is 9.78. The molecule has 1 aromatic carbocycles. The standard InChI is InChI=1S/C14H21NO/c16-11-12-6-5-9-14(10-12)15-13-7-3-1-2-4-8-13/h5-6,9-10,13,15-16H,1-4,7-8,11H2. The highest BCUT2D eigenvalue weighted by molar-refractivity contribution is 5.46. The third kappa shape index (κ3) is 3.24. The number of aliphatic hydroxyl groups excluding tert-OH is 1. The second-order valence-electron chi connectivity index (χ2n) is 4.69. The molecule has 0 radical (unpaired) electrons. The minimum Gasteiger partial charge on any atom is -0.392 e. The molecule has 2 nitrogen and oxygen atoms in total. The first-order valence-electron chi connectivity index (χ1n) is 6.35. The van der Waals surface area contributed by atoms with Gasteiger partial charge in [-0.2, -0.15) is 0 Å². The van der Waals surface area contributed by atoms with E-state index in [1.807, 2.05) is 18.2 Å². The van der Waals surface area contributed by atoms with Crippen LogP contribution in [0.2, 0.25) is 0 Å².